The molecular formula is C11H22KN. The van der Waals surface area contributed by atoms with Gasteiger partial charge in [0.15, 0.2) is 0 Å². The van der Waals surface area contributed by atoms with Gasteiger partial charge in [-0.3, -0.25) is 0 Å². The van der Waals surface area contributed by atoms with Crippen molar-refractivity contribution in [2.24, 2.45) is 5.92 Å². The molecule has 1 aliphatic rings. The second-order valence-electron chi connectivity index (χ2n) is 3.18. The van der Waals surface area contributed by atoms with E-state index in [1.165, 1.54) is 25.7 Å². The predicted octanol–water partition coefficient (Wildman–Crippen LogP) is 1.20. The van der Waals surface area contributed by atoms with Crippen LogP contribution in [-0.4, -0.2) is 6.04 Å². The molecule has 0 aromatic carbocycles. The molecule has 13 heavy (non-hydrogen) atoms. The van der Waals surface area contributed by atoms with Crippen molar-refractivity contribution in [3.63, 3.8) is 0 Å². The van der Waals surface area contributed by atoms with Crippen LogP contribution in [0.1, 0.15) is 46.0 Å². The zero-order valence-electron chi connectivity index (χ0n) is 9.47. The van der Waals surface area contributed by atoms with Crippen molar-refractivity contribution in [1.82, 2.24) is 0 Å². The number of hydrogen-bond acceptors (Lipinski definition) is 0. The maximum atomic E-state index is 7.70. The summed E-state index contributed by atoms with van der Waals surface area (Å²) in [5, 5.41) is 0. The van der Waals surface area contributed by atoms with Gasteiger partial charge in [0.05, 0.1) is 0 Å². The van der Waals surface area contributed by atoms with Gasteiger partial charge in [-0.25, -0.2) is 0 Å². The van der Waals surface area contributed by atoms with E-state index in [0.717, 1.165) is 6.42 Å². The molecule has 1 atom stereocenters. The summed E-state index contributed by atoms with van der Waals surface area (Å²) in [4.78, 5) is 0. The first-order valence-corrected chi connectivity index (χ1v) is 5.16. The Labute approximate surface area is 126 Å². The van der Waals surface area contributed by atoms with Crippen molar-refractivity contribution >= 4 is 0 Å². The predicted molar refractivity (Wildman–Crippen MR) is 56.2 cm³/mol. The normalized spacial score (nSPS) is 18.1. The summed E-state index contributed by atoms with van der Waals surface area (Å²) >= 11 is 0. The summed E-state index contributed by atoms with van der Waals surface area (Å²) in [5.41, 5.74) is 7.70. The van der Waals surface area contributed by atoms with E-state index in [0.29, 0.717) is 5.92 Å². The second kappa shape index (κ2) is 11.4. The van der Waals surface area contributed by atoms with E-state index in [4.69, 9.17) is 5.73 Å². The molecule has 2 heteroatoms. The minimum Gasteiger partial charge on any atom is -0.674 e. The zero-order chi connectivity index (χ0) is 9.40. The Kier molecular flexibility index (Phi) is 14.7. The molecule has 0 aliphatic heterocycles. The summed E-state index contributed by atoms with van der Waals surface area (Å²) in [6.07, 6.45) is 8.00. The van der Waals surface area contributed by atoms with Crippen LogP contribution in [0.4, 0.5) is 0 Å². The van der Waals surface area contributed by atoms with Crippen molar-refractivity contribution in [2.45, 2.75) is 52.0 Å². The number of hydrogen-bond donors (Lipinski definition) is 0. The fourth-order valence-corrected chi connectivity index (χ4v) is 1.73. The van der Waals surface area contributed by atoms with E-state index in [2.05, 4.69) is 6.58 Å². The Morgan fingerprint density at radius 1 is 1.38 bits per heavy atom. The molecule has 1 rings (SSSR count). The molecule has 1 unspecified atom stereocenters. The first-order chi connectivity index (χ1) is 5.84. The van der Waals surface area contributed by atoms with Crippen molar-refractivity contribution in [3.05, 3.63) is 18.4 Å². The van der Waals surface area contributed by atoms with E-state index in [-0.39, 0.29) is 57.4 Å². The molecule has 1 aliphatic carbocycles. The summed E-state index contributed by atoms with van der Waals surface area (Å²) in [7, 11) is 0. The van der Waals surface area contributed by atoms with E-state index in [9.17, 15) is 0 Å². The molecular weight excluding hydrogens is 185 g/mol. The third-order valence-corrected chi connectivity index (χ3v) is 2.39. The van der Waals surface area contributed by atoms with Gasteiger partial charge in [-0.05, 0) is 0 Å². The fourth-order valence-electron chi connectivity index (χ4n) is 1.73. The maximum Gasteiger partial charge on any atom is 1.00 e. The van der Waals surface area contributed by atoms with Crippen LogP contribution in [0.3, 0.4) is 0 Å². The molecule has 1 nitrogen and oxygen atoms in total. The zero-order valence-corrected chi connectivity index (χ0v) is 12.6. The van der Waals surface area contributed by atoms with E-state index in [1.807, 2.05) is 19.9 Å². The van der Waals surface area contributed by atoms with Crippen LogP contribution in [0.25, 0.3) is 5.73 Å². The molecule has 1 fully saturated rings. The molecule has 0 bridgehead atoms. The minimum atomic E-state index is 0. The van der Waals surface area contributed by atoms with Gasteiger partial charge in [-0.15, -0.1) is 12.6 Å². The van der Waals surface area contributed by atoms with Gasteiger partial charge in [0.2, 0.25) is 0 Å². The second-order valence-corrected chi connectivity index (χ2v) is 3.18. The summed E-state index contributed by atoms with van der Waals surface area (Å²) < 4.78 is 0. The largest absolute Gasteiger partial charge is 1.00 e. The number of nitrogens with one attached hydrogen (secondary N) is 1. The molecule has 0 heterocycles. The summed E-state index contributed by atoms with van der Waals surface area (Å²) in [6, 6.07) is 0.139. The molecule has 72 valence electrons. The maximum absolute atomic E-state index is 7.70. The molecule has 1 saturated carbocycles. The smallest absolute Gasteiger partial charge is 0.674 e. The van der Waals surface area contributed by atoms with E-state index >= 15 is 0 Å². The van der Waals surface area contributed by atoms with Gasteiger partial charge >= 0.3 is 51.4 Å². The Morgan fingerprint density at radius 2 is 1.85 bits per heavy atom. The molecule has 0 saturated heterocycles. The van der Waals surface area contributed by atoms with Crippen molar-refractivity contribution in [1.29, 1.82) is 0 Å². The SMILES string of the molecule is C=CCC([NH-])C1CCCC1.CC.[K+]. The quantitative estimate of drug-likeness (QED) is 0.491. The summed E-state index contributed by atoms with van der Waals surface area (Å²) in [6.45, 7) is 7.65. The van der Waals surface area contributed by atoms with Crippen LogP contribution in [0.5, 0.6) is 0 Å². The van der Waals surface area contributed by atoms with Crippen LogP contribution in [-0.2, 0) is 0 Å². The van der Waals surface area contributed by atoms with Crippen LogP contribution < -0.4 is 51.4 Å². The van der Waals surface area contributed by atoms with E-state index in [1.54, 1.807) is 0 Å². The number of rotatable bonds is 3. The molecule has 0 radical (unpaired) electrons. The molecule has 0 aromatic rings. The first-order valence-electron chi connectivity index (χ1n) is 5.16. The van der Waals surface area contributed by atoms with Gasteiger partial charge < -0.3 is 5.73 Å². The van der Waals surface area contributed by atoms with Crippen LogP contribution in [0.15, 0.2) is 12.7 Å². The Hall–Kier alpha value is 1.34. The Morgan fingerprint density at radius 3 is 2.23 bits per heavy atom. The van der Waals surface area contributed by atoms with Gasteiger partial charge in [0.25, 0.3) is 0 Å². The van der Waals surface area contributed by atoms with Crippen molar-refractivity contribution in [3.8, 4) is 0 Å². The third kappa shape index (κ3) is 7.29. The van der Waals surface area contributed by atoms with Gasteiger partial charge in [-0.2, -0.15) is 0 Å². The van der Waals surface area contributed by atoms with E-state index < -0.39 is 0 Å². The molecule has 0 spiro atoms. The Bertz CT molecular complexity index is 109. The van der Waals surface area contributed by atoms with Gasteiger partial charge in [-0.1, -0.05) is 57.9 Å². The third-order valence-electron chi connectivity index (χ3n) is 2.39. The van der Waals surface area contributed by atoms with Crippen molar-refractivity contribution < 1.29 is 51.4 Å². The van der Waals surface area contributed by atoms with Crippen molar-refractivity contribution in [2.75, 3.05) is 0 Å². The fraction of sp³-hybridized carbons (Fsp3) is 0.818. The molecule has 0 aromatic heterocycles. The average Bonchev–Trinajstić information content (AvgIpc) is 2.60. The van der Waals surface area contributed by atoms with Crippen LogP contribution in [0.2, 0.25) is 0 Å². The minimum absolute atomic E-state index is 0. The standard InChI is InChI=1S/C9H16N.C2H6.K/c1-2-5-9(10)8-6-3-4-7-8;1-2;/h2,8-10H,1,3-7H2;1-2H3;/q-1;;+1. The topological polar surface area (TPSA) is 23.8 Å². The Balaban J connectivity index is 0. The molecule has 0 amide bonds. The average molecular weight is 207 g/mol. The summed E-state index contributed by atoms with van der Waals surface area (Å²) in [5.74, 6) is 0.679. The monoisotopic (exact) mass is 207 g/mol. The van der Waals surface area contributed by atoms with Gasteiger partial charge in [0, 0.05) is 0 Å². The van der Waals surface area contributed by atoms with Crippen LogP contribution in [0, 0.1) is 5.92 Å². The van der Waals surface area contributed by atoms with Crippen LogP contribution >= 0.6 is 0 Å². The van der Waals surface area contributed by atoms with Gasteiger partial charge in [0.1, 0.15) is 0 Å². The first kappa shape index (κ1) is 16.8. The molecule has 1 N–H and O–H groups in total.